The summed E-state index contributed by atoms with van der Waals surface area (Å²) in [5, 5.41) is 0. The summed E-state index contributed by atoms with van der Waals surface area (Å²) in [6.07, 6.45) is 1.47. The van der Waals surface area contributed by atoms with Crippen LogP contribution in [0.5, 0.6) is 0 Å². The Bertz CT molecular complexity index is 124. The van der Waals surface area contributed by atoms with Crippen molar-refractivity contribution in [3.63, 3.8) is 0 Å². The van der Waals surface area contributed by atoms with E-state index in [1.165, 1.54) is 0 Å². The van der Waals surface area contributed by atoms with E-state index in [1.807, 2.05) is 0 Å². The van der Waals surface area contributed by atoms with Gasteiger partial charge in [-0.05, 0) is 6.08 Å². The minimum atomic E-state index is -1.09. The lowest BCUT2D eigenvalue weighted by Gasteiger charge is -2.05. The smallest absolute Gasteiger partial charge is 0.169 e. The van der Waals surface area contributed by atoms with Crippen molar-refractivity contribution in [1.29, 1.82) is 0 Å². The van der Waals surface area contributed by atoms with Crippen LogP contribution >= 0.6 is 0 Å². The van der Waals surface area contributed by atoms with Crippen LogP contribution in [0, 0.1) is 0 Å². The quantitative estimate of drug-likeness (QED) is 0.595. The van der Waals surface area contributed by atoms with Gasteiger partial charge in [-0.25, -0.2) is 4.39 Å². The van der Waals surface area contributed by atoms with Gasteiger partial charge in [-0.2, -0.15) is 0 Å². The molecule has 1 atom stereocenters. The Kier molecular flexibility index (Phi) is 2.05. The van der Waals surface area contributed by atoms with E-state index in [1.54, 1.807) is 6.08 Å². The second-order valence-electron chi connectivity index (χ2n) is 1.95. The fourth-order valence-corrected chi connectivity index (χ4v) is 0.771. The molecule has 1 heterocycles. The lowest BCUT2D eigenvalue weighted by molar-refractivity contribution is 0.183. The van der Waals surface area contributed by atoms with Gasteiger partial charge >= 0.3 is 0 Å². The van der Waals surface area contributed by atoms with Gasteiger partial charge in [0, 0.05) is 13.0 Å². The molecule has 2 nitrogen and oxygen atoms in total. The molecule has 0 radical (unpaired) electrons. The molecule has 1 unspecified atom stereocenters. The molecule has 0 spiro atoms. The third-order valence-electron chi connectivity index (χ3n) is 1.25. The molecule has 0 saturated heterocycles. The number of halogens is 1. The molecule has 0 aliphatic carbocycles. The molecule has 9 heavy (non-hydrogen) atoms. The van der Waals surface area contributed by atoms with Crippen LogP contribution in [0.3, 0.4) is 0 Å². The molecule has 0 aromatic rings. The largest absolute Gasteiger partial charge is 0.495 e. The lowest BCUT2D eigenvalue weighted by Crippen LogP contribution is -2.17. The van der Waals surface area contributed by atoms with Crippen molar-refractivity contribution in [2.24, 2.45) is 5.73 Å². The van der Waals surface area contributed by atoms with E-state index in [-0.39, 0.29) is 6.54 Å². The molecular weight excluding hydrogens is 121 g/mol. The summed E-state index contributed by atoms with van der Waals surface area (Å²) in [4.78, 5) is 0. The zero-order valence-corrected chi connectivity index (χ0v) is 5.14. The van der Waals surface area contributed by atoms with Crippen LogP contribution in [0.4, 0.5) is 4.39 Å². The Hall–Kier alpha value is -0.570. The fraction of sp³-hybridized carbons (Fsp3) is 0.667. The molecule has 1 aliphatic heterocycles. The van der Waals surface area contributed by atoms with Gasteiger partial charge in [0.05, 0.1) is 6.61 Å². The van der Waals surface area contributed by atoms with E-state index in [9.17, 15) is 4.39 Å². The van der Waals surface area contributed by atoms with Gasteiger partial charge < -0.3 is 10.5 Å². The normalized spacial score (nSPS) is 20.9. The Balaban J connectivity index is 2.40. The van der Waals surface area contributed by atoms with Crippen molar-refractivity contribution in [3.05, 3.63) is 11.8 Å². The summed E-state index contributed by atoms with van der Waals surface area (Å²) in [5.41, 5.74) is 5.06. The molecule has 2 N–H and O–H groups in total. The maximum absolute atomic E-state index is 12.5. The van der Waals surface area contributed by atoms with Crippen molar-refractivity contribution < 1.29 is 9.13 Å². The van der Waals surface area contributed by atoms with Gasteiger partial charge in [0.15, 0.2) is 6.17 Å². The summed E-state index contributed by atoms with van der Waals surface area (Å²) in [6.45, 7) is 0.627. The summed E-state index contributed by atoms with van der Waals surface area (Å²) < 4.78 is 17.4. The highest BCUT2D eigenvalue weighted by Crippen LogP contribution is 2.14. The van der Waals surface area contributed by atoms with Crippen LogP contribution in [0.25, 0.3) is 0 Å². The Labute approximate surface area is 53.5 Å². The summed E-state index contributed by atoms with van der Waals surface area (Å²) in [5.74, 6) is 0.414. The number of ether oxygens (including phenoxy) is 1. The third kappa shape index (κ3) is 1.42. The first-order valence-corrected chi connectivity index (χ1v) is 3.01. The monoisotopic (exact) mass is 131 g/mol. The number of hydrogen-bond acceptors (Lipinski definition) is 2. The third-order valence-corrected chi connectivity index (χ3v) is 1.25. The molecule has 0 aromatic carbocycles. The first kappa shape index (κ1) is 6.55. The molecule has 52 valence electrons. The first-order valence-electron chi connectivity index (χ1n) is 3.01. The Morgan fingerprint density at radius 2 is 2.67 bits per heavy atom. The fourth-order valence-electron chi connectivity index (χ4n) is 0.771. The van der Waals surface area contributed by atoms with Crippen LogP contribution < -0.4 is 5.73 Å². The SMILES string of the molecule is NCC(F)C1=CCCO1. The number of rotatable bonds is 2. The van der Waals surface area contributed by atoms with Crippen LogP contribution in [0.15, 0.2) is 11.8 Å². The molecule has 0 bridgehead atoms. The highest BCUT2D eigenvalue weighted by atomic mass is 19.1. The molecule has 3 heteroatoms. The van der Waals surface area contributed by atoms with Crippen molar-refractivity contribution in [2.75, 3.05) is 13.2 Å². The van der Waals surface area contributed by atoms with Crippen LogP contribution in [0.1, 0.15) is 6.42 Å². The van der Waals surface area contributed by atoms with Crippen molar-refractivity contribution in [2.45, 2.75) is 12.6 Å². The molecule has 0 fully saturated rings. The minimum absolute atomic E-state index is 0.0197. The predicted molar refractivity (Wildman–Crippen MR) is 32.6 cm³/mol. The highest BCUT2D eigenvalue weighted by molar-refractivity contribution is 5.04. The zero-order chi connectivity index (χ0) is 6.69. The molecule has 1 rings (SSSR count). The molecule has 0 aromatic heterocycles. The van der Waals surface area contributed by atoms with E-state index in [2.05, 4.69) is 0 Å². The van der Waals surface area contributed by atoms with Gasteiger partial charge in [0.1, 0.15) is 5.76 Å². The average Bonchev–Trinajstić information content (AvgIpc) is 2.37. The van der Waals surface area contributed by atoms with Gasteiger partial charge in [-0.3, -0.25) is 0 Å². The van der Waals surface area contributed by atoms with Crippen LogP contribution in [0.2, 0.25) is 0 Å². The number of nitrogens with two attached hydrogens (primary N) is 1. The maximum Gasteiger partial charge on any atom is 0.169 e. The van der Waals surface area contributed by atoms with Gasteiger partial charge in [0.25, 0.3) is 0 Å². The molecule has 0 amide bonds. The van der Waals surface area contributed by atoms with Crippen molar-refractivity contribution >= 4 is 0 Å². The van der Waals surface area contributed by atoms with Gasteiger partial charge in [-0.15, -0.1) is 0 Å². The van der Waals surface area contributed by atoms with Crippen LogP contribution in [-0.2, 0) is 4.74 Å². The molecule has 1 aliphatic rings. The average molecular weight is 131 g/mol. The maximum atomic E-state index is 12.5. The molecular formula is C6H10FNO. The standard InChI is InChI=1S/C6H10FNO/c7-5(4-8)6-2-1-3-9-6/h2,5H,1,3-4,8H2. The summed E-state index contributed by atoms with van der Waals surface area (Å²) in [6, 6.07) is 0. The lowest BCUT2D eigenvalue weighted by atomic mass is 10.3. The van der Waals surface area contributed by atoms with Gasteiger partial charge in [-0.1, -0.05) is 0 Å². The first-order chi connectivity index (χ1) is 4.34. The van der Waals surface area contributed by atoms with E-state index in [4.69, 9.17) is 10.5 Å². The number of alkyl halides is 1. The van der Waals surface area contributed by atoms with Gasteiger partial charge in [0.2, 0.25) is 0 Å². The van der Waals surface area contributed by atoms with Crippen LogP contribution in [-0.4, -0.2) is 19.3 Å². The second-order valence-corrected chi connectivity index (χ2v) is 1.95. The number of hydrogen-bond donors (Lipinski definition) is 1. The highest BCUT2D eigenvalue weighted by Gasteiger charge is 2.15. The Morgan fingerprint density at radius 1 is 1.89 bits per heavy atom. The summed E-state index contributed by atoms with van der Waals surface area (Å²) >= 11 is 0. The van der Waals surface area contributed by atoms with E-state index in [0.717, 1.165) is 6.42 Å². The second kappa shape index (κ2) is 2.82. The Morgan fingerprint density at radius 3 is 3.11 bits per heavy atom. The predicted octanol–water partition coefficient (Wildman–Crippen LogP) is 0.587. The van der Waals surface area contributed by atoms with E-state index in [0.29, 0.717) is 12.4 Å². The van der Waals surface area contributed by atoms with Crippen molar-refractivity contribution in [1.82, 2.24) is 0 Å². The summed E-state index contributed by atoms with van der Waals surface area (Å²) in [7, 11) is 0. The van der Waals surface area contributed by atoms with E-state index < -0.39 is 6.17 Å². The minimum Gasteiger partial charge on any atom is -0.495 e. The topological polar surface area (TPSA) is 35.2 Å². The zero-order valence-electron chi connectivity index (χ0n) is 5.14. The van der Waals surface area contributed by atoms with E-state index >= 15 is 0 Å². The van der Waals surface area contributed by atoms with Crippen molar-refractivity contribution in [3.8, 4) is 0 Å². The molecule has 0 saturated carbocycles.